The van der Waals surface area contributed by atoms with E-state index < -0.39 is 42.1 Å². The van der Waals surface area contributed by atoms with Gasteiger partial charge >= 0.3 is 17.9 Å². The van der Waals surface area contributed by atoms with E-state index in [1.54, 1.807) is 0 Å². The van der Waals surface area contributed by atoms with E-state index in [9.17, 15) is 29.7 Å². The number of likely N-dealkylation sites (N-methyl/N-ethyl adjacent to an activating group) is 2. The van der Waals surface area contributed by atoms with Crippen LogP contribution in [0.25, 0.3) is 0 Å². The summed E-state index contributed by atoms with van der Waals surface area (Å²) in [7, 11) is 11.7. The molecule has 0 rings (SSSR count). The molecule has 352 valence electrons. The molecule has 0 spiro atoms. The molecule has 0 aliphatic rings. The number of carbonyl (C=O) groups excluding carboxylic acids is 1. The third-order valence-corrected chi connectivity index (χ3v) is 11.1. The highest BCUT2D eigenvalue weighted by Crippen LogP contribution is 2.25. The van der Waals surface area contributed by atoms with Gasteiger partial charge in [-0.25, -0.2) is 4.79 Å². The normalized spacial score (nSPS) is 14.6. The van der Waals surface area contributed by atoms with Crippen LogP contribution < -0.4 is 0 Å². The first-order valence-corrected chi connectivity index (χ1v) is 24.4. The Labute approximate surface area is 368 Å². The van der Waals surface area contributed by atoms with E-state index in [1.165, 1.54) is 102 Å². The minimum Gasteiger partial charge on any atom is -0.488 e. The van der Waals surface area contributed by atoms with Crippen molar-refractivity contribution in [1.29, 1.82) is 0 Å². The van der Waals surface area contributed by atoms with Crippen molar-refractivity contribution >= 4 is 17.9 Å². The molecule has 0 heterocycles. The van der Waals surface area contributed by atoms with Crippen molar-refractivity contribution in [3.63, 3.8) is 0 Å². The lowest BCUT2D eigenvalue weighted by Gasteiger charge is -2.33. The molecule has 10 heteroatoms. The summed E-state index contributed by atoms with van der Waals surface area (Å²) in [5, 5.41) is 30.9. The van der Waals surface area contributed by atoms with Crippen molar-refractivity contribution in [2.24, 2.45) is 5.92 Å². The van der Waals surface area contributed by atoms with Gasteiger partial charge in [0.25, 0.3) is 0 Å². The van der Waals surface area contributed by atoms with E-state index in [0.717, 1.165) is 57.8 Å². The summed E-state index contributed by atoms with van der Waals surface area (Å²) >= 11 is 0. The Morgan fingerprint density at radius 3 is 1.45 bits per heavy atom. The van der Waals surface area contributed by atoms with Crippen LogP contribution in [-0.4, -0.2) is 116 Å². The molecule has 0 aromatic rings. The third kappa shape index (κ3) is 37.3. The lowest BCUT2D eigenvalue weighted by Crippen LogP contribution is -2.47. The molecule has 0 saturated carbocycles. The molecule has 4 unspecified atom stereocenters. The zero-order valence-corrected chi connectivity index (χ0v) is 40.2. The van der Waals surface area contributed by atoms with Crippen molar-refractivity contribution < 1.29 is 48.1 Å². The van der Waals surface area contributed by atoms with Gasteiger partial charge < -0.3 is 33.8 Å². The Morgan fingerprint density at radius 2 is 1.00 bits per heavy atom. The topological polar surface area (TPSA) is 130 Å². The average Bonchev–Trinajstić information content (AvgIpc) is 3.13. The van der Waals surface area contributed by atoms with E-state index >= 15 is 0 Å². The fraction of sp³-hybridized carbons (Fsp3) is 0.860. The van der Waals surface area contributed by atoms with Crippen LogP contribution in [0.3, 0.4) is 0 Å². The van der Waals surface area contributed by atoms with Crippen molar-refractivity contribution in [2.45, 2.75) is 218 Å². The molecule has 0 bridgehead atoms. The predicted octanol–water partition coefficient (Wildman–Crippen LogP) is 11.6. The molecule has 10 nitrogen and oxygen atoms in total. The fourth-order valence-electron chi connectivity index (χ4n) is 7.82. The number of rotatable bonds is 42. The molecule has 60 heavy (non-hydrogen) atoms. The van der Waals surface area contributed by atoms with Gasteiger partial charge in [0.1, 0.15) is 18.8 Å². The highest BCUT2D eigenvalue weighted by molar-refractivity contribution is 5.83. The Bertz CT molecular complexity index is 1140. The Morgan fingerprint density at radius 1 is 0.550 bits per heavy atom. The van der Waals surface area contributed by atoms with E-state index in [1.807, 2.05) is 42.3 Å². The number of aliphatic hydroxyl groups is 1. The summed E-state index contributed by atoms with van der Waals surface area (Å²) in [5.74, 6) is -3.24. The second-order valence-electron chi connectivity index (χ2n) is 19.7. The van der Waals surface area contributed by atoms with Crippen LogP contribution in [-0.2, 0) is 23.9 Å². The van der Waals surface area contributed by atoms with Crippen LogP contribution in [0.1, 0.15) is 200 Å². The Hall–Kier alpha value is -2.43. The molecule has 0 amide bonds. The summed E-state index contributed by atoms with van der Waals surface area (Å²) in [4.78, 5) is 37.9. The van der Waals surface area contributed by atoms with Gasteiger partial charge in [0, 0.05) is 6.42 Å². The first-order chi connectivity index (χ1) is 28.5. The molecule has 0 radical (unpaired) electrons. The SMILES string of the molecule is CCCCCCCCC=CCCCCCC(O)CCC(C(=O)O)C(C[N+](C)(C)C)OC(=CC(=O)OC(CC(=O)O)C[N+](C)(C)C)CCCCCCCCCCCCCCC. The van der Waals surface area contributed by atoms with Crippen LogP contribution in [0.15, 0.2) is 24.0 Å². The van der Waals surface area contributed by atoms with Crippen LogP contribution in [0.2, 0.25) is 0 Å². The summed E-state index contributed by atoms with van der Waals surface area (Å²) in [6.45, 7) is 5.20. The second-order valence-corrected chi connectivity index (χ2v) is 19.7. The molecule has 0 aliphatic heterocycles. The molecular weight excluding hydrogens is 757 g/mol. The number of hydrogen-bond acceptors (Lipinski definition) is 6. The molecule has 0 aliphatic carbocycles. The smallest absolute Gasteiger partial charge is 0.334 e. The molecular formula is C50H96N2O8+2. The predicted molar refractivity (Wildman–Crippen MR) is 248 cm³/mol. The number of esters is 1. The fourth-order valence-corrected chi connectivity index (χ4v) is 7.82. The van der Waals surface area contributed by atoms with Crippen molar-refractivity contribution in [1.82, 2.24) is 0 Å². The van der Waals surface area contributed by atoms with Gasteiger partial charge in [-0.15, -0.1) is 0 Å². The number of ether oxygens (including phenoxy) is 2. The largest absolute Gasteiger partial charge is 0.488 e. The van der Waals surface area contributed by atoms with Gasteiger partial charge in [0.15, 0.2) is 12.2 Å². The minimum atomic E-state index is -1.05. The van der Waals surface area contributed by atoms with Crippen LogP contribution in [0, 0.1) is 5.92 Å². The zero-order valence-electron chi connectivity index (χ0n) is 40.2. The van der Waals surface area contributed by atoms with Gasteiger partial charge in [-0.1, -0.05) is 148 Å². The number of quaternary nitrogens is 2. The number of carbonyl (C=O) groups is 3. The maximum atomic E-state index is 13.4. The minimum absolute atomic E-state index is 0.253. The zero-order chi connectivity index (χ0) is 45.1. The number of carboxylic acid groups (broad SMARTS) is 2. The molecule has 3 N–H and O–H groups in total. The van der Waals surface area contributed by atoms with Crippen molar-refractivity contribution in [3.8, 4) is 0 Å². The highest BCUT2D eigenvalue weighted by atomic mass is 16.5. The summed E-state index contributed by atoms with van der Waals surface area (Å²) < 4.78 is 13.1. The van der Waals surface area contributed by atoms with Gasteiger partial charge in [-0.05, 0) is 51.4 Å². The van der Waals surface area contributed by atoms with E-state index in [4.69, 9.17) is 9.47 Å². The molecule has 0 aromatic carbocycles. The lowest BCUT2D eigenvalue weighted by molar-refractivity contribution is -0.873. The summed E-state index contributed by atoms with van der Waals surface area (Å²) in [5.41, 5.74) is 0. The maximum absolute atomic E-state index is 13.4. The van der Waals surface area contributed by atoms with Gasteiger partial charge in [0.05, 0.1) is 66.8 Å². The van der Waals surface area contributed by atoms with Crippen molar-refractivity contribution in [3.05, 3.63) is 24.0 Å². The third-order valence-electron chi connectivity index (χ3n) is 11.1. The van der Waals surface area contributed by atoms with Gasteiger partial charge in [-0.3, -0.25) is 9.59 Å². The maximum Gasteiger partial charge on any atom is 0.334 e. The number of aliphatic carboxylic acids is 2. The Balaban J connectivity index is 5.51. The number of carboxylic acids is 2. The Kier molecular flexibility index (Phi) is 34.6. The highest BCUT2D eigenvalue weighted by Gasteiger charge is 2.35. The average molecular weight is 853 g/mol. The summed E-state index contributed by atoms with van der Waals surface area (Å²) in [6.07, 6.45) is 33.9. The molecule has 0 fully saturated rings. The van der Waals surface area contributed by atoms with Gasteiger partial charge in [-0.2, -0.15) is 0 Å². The van der Waals surface area contributed by atoms with Crippen LogP contribution in [0.5, 0.6) is 0 Å². The number of nitrogens with zero attached hydrogens (tertiary/aromatic N) is 2. The second kappa shape index (κ2) is 36.1. The molecule has 0 saturated heterocycles. The molecule has 0 aromatic heterocycles. The van der Waals surface area contributed by atoms with Crippen molar-refractivity contribution in [2.75, 3.05) is 55.4 Å². The van der Waals surface area contributed by atoms with E-state index in [0.29, 0.717) is 47.1 Å². The number of allylic oxidation sites excluding steroid dienone is 3. The molecule has 4 atom stereocenters. The first kappa shape index (κ1) is 57.6. The van der Waals surface area contributed by atoms with Crippen LogP contribution >= 0.6 is 0 Å². The number of unbranched alkanes of at least 4 members (excludes halogenated alkanes) is 21. The lowest BCUT2D eigenvalue weighted by atomic mass is 9.92. The first-order valence-electron chi connectivity index (χ1n) is 24.4. The number of aliphatic hydroxyl groups excluding tert-OH is 1. The monoisotopic (exact) mass is 853 g/mol. The summed E-state index contributed by atoms with van der Waals surface area (Å²) in [6, 6.07) is 0. The quantitative estimate of drug-likeness (QED) is 0.0138. The van der Waals surface area contributed by atoms with E-state index in [-0.39, 0.29) is 12.8 Å². The van der Waals surface area contributed by atoms with Crippen LogP contribution in [0.4, 0.5) is 0 Å². The van der Waals surface area contributed by atoms with E-state index in [2.05, 4.69) is 26.0 Å². The number of hydrogen-bond donors (Lipinski definition) is 3. The standard InChI is InChI=1S/C50H94N2O8/c1-9-11-13-15-17-19-21-23-25-27-29-31-33-35-43(53)37-38-46(50(57)58)47(42-52(6,7)8)59-44(40-49(56)60-45(39-48(54)55)41-51(3,4)5)36-34-32-30-28-26-24-22-20-18-16-14-12-10-2/h23,25,40,43,45-47,53H,9-22,24,26-39,41-42H2,1-8H3/p+2. The van der Waals surface area contributed by atoms with Gasteiger partial charge in [0.2, 0.25) is 0 Å².